The van der Waals surface area contributed by atoms with Crippen molar-refractivity contribution in [3.05, 3.63) is 30.5 Å². The van der Waals surface area contributed by atoms with Gasteiger partial charge in [-0.15, -0.1) is 0 Å². The summed E-state index contributed by atoms with van der Waals surface area (Å²) in [6.07, 6.45) is 1.83. The molecule has 0 radical (unpaired) electrons. The summed E-state index contributed by atoms with van der Waals surface area (Å²) in [5.41, 5.74) is 3.31. The van der Waals surface area contributed by atoms with Crippen LogP contribution in [-0.2, 0) is 0 Å². The fourth-order valence-corrected chi connectivity index (χ4v) is 1.63. The summed E-state index contributed by atoms with van der Waals surface area (Å²) in [5.74, 6) is 0. The number of benzene rings is 1. The molecule has 3 nitrogen and oxygen atoms in total. The molecule has 0 aliphatic heterocycles. The molecule has 2 aromatic rings. The number of hydrogen-bond acceptors (Lipinski definition) is 3. The van der Waals surface area contributed by atoms with Crippen molar-refractivity contribution in [3.63, 3.8) is 0 Å². The van der Waals surface area contributed by atoms with Gasteiger partial charge in [0.2, 0.25) is 0 Å². The lowest BCUT2D eigenvalue weighted by Crippen LogP contribution is -2.08. The Morgan fingerprint density at radius 1 is 1.20 bits per heavy atom. The molecule has 0 aliphatic rings. The van der Waals surface area contributed by atoms with E-state index < -0.39 is 0 Å². The number of anilines is 2. The van der Waals surface area contributed by atoms with Gasteiger partial charge in [0.1, 0.15) is 0 Å². The molecule has 1 aromatic heterocycles. The SMILES string of the molecule is CNc1ccnc2cc(N(C)C)ccc12. The Bertz CT molecular complexity index is 477. The normalized spacial score (nSPS) is 10.3. The maximum Gasteiger partial charge on any atom is 0.0743 e. The van der Waals surface area contributed by atoms with Gasteiger partial charge in [0.15, 0.2) is 0 Å². The molecule has 0 saturated carbocycles. The van der Waals surface area contributed by atoms with Crippen molar-refractivity contribution in [2.24, 2.45) is 0 Å². The van der Waals surface area contributed by atoms with Crippen molar-refractivity contribution < 1.29 is 0 Å². The highest BCUT2D eigenvalue weighted by Crippen LogP contribution is 2.24. The van der Waals surface area contributed by atoms with E-state index in [1.165, 1.54) is 5.69 Å². The summed E-state index contributed by atoms with van der Waals surface area (Å²) < 4.78 is 0. The van der Waals surface area contributed by atoms with Crippen LogP contribution in [0.3, 0.4) is 0 Å². The summed E-state index contributed by atoms with van der Waals surface area (Å²) in [6, 6.07) is 8.28. The second-order valence-electron chi connectivity index (χ2n) is 3.70. The van der Waals surface area contributed by atoms with E-state index in [1.807, 2.05) is 33.4 Å². The van der Waals surface area contributed by atoms with Gasteiger partial charge < -0.3 is 10.2 Å². The molecule has 2 rings (SSSR count). The number of nitrogens with zero attached hydrogens (tertiary/aromatic N) is 2. The van der Waals surface area contributed by atoms with Crippen LogP contribution in [0.25, 0.3) is 10.9 Å². The third kappa shape index (κ3) is 1.73. The molecule has 3 heteroatoms. The van der Waals surface area contributed by atoms with Gasteiger partial charge in [-0.1, -0.05) is 0 Å². The molecule has 0 aliphatic carbocycles. The molecule has 1 N–H and O–H groups in total. The fraction of sp³-hybridized carbons (Fsp3) is 0.250. The molecular weight excluding hydrogens is 186 g/mol. The monoisotopic (exact) mass is 201 g/mol. The highest BCUT2D eigenvalue weighted by molar-refractivity contribution is 5.92. The van der Waals surface area contributed by atoms with Crippen LogP contribution in [0.15, 0.2) is 30.5 Å². The van der Waals surface area contributed by atoms with Gasteiger partial charge in [0, 0.05) is 44.1 Å². The zero-order valence-corrected chi connectivity index (χ0v) is 9.28. The minimum atomic E-state index is 1.02. The second kappa shape index (κ2) is 3.77. The van der Waals surface area contributed by atoms with Crippen LogP contribution in [0.4, 0.5) is 11.4 Å². The van der Waals surface area contributed by atoms with Crippen LogP contribution >= 0.6 is 0 Å². The maximum absolute atomic E-state index is 4.37. The molecular formula is C12H15N3. The number of aromatic nitrogens is 1. The van der Waals surface area contributed by atoms with Crippen molar-refractivity contribution in [1.82, 2.24) is 4.98 Å². The molecule has 0 amide bonds. The predicted octanol–water partition coefficient (Wildman–Crippen LogP) is 2.34. The smallest absolute Gasteiger partial charge is 0.0743 e. The molecule has 0 unspecified atom stereocenters. The molecule has 0 saturated heterocycles. The van der Waals surface area contributed by atoms with Crippen molar-refractivity contribution in [2.75, 3.05) is 31.4 Å². The number of fused-ring (bicyclic) bond motifs is 1. The van der Waals surface area contributed by atoms with E-state index in [9.17, 15) is 0 Å². The Morgan fingerprint density at radius 2 is 2.00 bits per heavy atom. The van der Waals surface area contributed by atoms with Crippen molar-refractivity contribution >= 4 is 22.3 Å². The minimum absolute atomic E-state index is 1.02. The third-order valence-corrected chi connectivity index (χ3v) is 2.51. The first-order valence-electron chi connectivity index (χ1n) is 4.96. The van der Waals surface area contributed by atoms with E-state index in [-0.39, 0.29) is 0 Å². The topological polar surface area (TPSA) is 28.2 Å². The van der Waals surface area contributed by atoms with Crippen LogP contribution < -0.4 is 10.2 Å². The first kappa shape index (κ1) is 9.77. The Balaban J connectivity index is 2.63. The zero-order valence-electron chi connectivity index (χ0n) is 9.28. The molecule has 0 spiro atoms. The summed E-state index contributed by atoms with van der Waals surface area (Å²) >= 11 is 0. The number of pyridine rings is 1. The lowest BCUT2D eigenvalue weighted by molar-refractivity contribution is 1.13. The first-order valence-corrected chi connectivity index (χ1v) is 4.96. The molecule has 1 heterocycles. The van der Waals surface area contributed by atoms with Gasteiger partial charge in [0.05, 0.1) is 5.52 Å². The quantitative estimate of drug-likeness (QED) is 0.808. The summed E-state index contributed by atoms with van der Waals surface area (Å²) in [5, 5.41) is 4.32. The predicted molar refractivity (Wildman–Crippen MR) is 65.6 cm³/mol. The standard InChI is InChI=1S/C12H15N3/c1-13-11-6-7-14-12-8-9(15(2)3)4-5-10(11)12/h4-8H,1-3H3,(H,13,14). The molecule has 15 heavy (non-hydrogen) atoms. The number of rotatable bonds is 2. The van der Waals surface area contributed by atoms with Crippen LogP contribution in [0.2, 0.25) is 0 Å². The average Bonchev–Trinajstić information content (AvgIpc) is 2.27. The minimum Gasteiger partial charge on any atom is -0.388 e. The Morgan fingerprint density at radius 3 is 2.67 bits per heavy atom. The largest absolute Gasteiger partial charge is 0.388 e. The van der Waals surface area contributed by atoms with Gasteiger partial charge in [0.25, 0.3) is 0 Å². The second-order valence-corrected chi connectivity index (χ2v) is 3.70. The lowest BCUT2D eigenvalue weighted by atomic mass is 10.1. The summed E-state index contributed by atoms with van der Waals surface area (Å²) in [6.45, 7) is 0. The molecule has 0 atom stereocenters. The van der Waals surface area contributed by atoms with E-state index in [1.54, 1.807) is 0 Å². The van der Waals surface area contributed by atoms with Crippen LogP contribution in [0, 0.1) is 0 Å². The summed E-state index contributed by atoms with van der Waals surface area (Å²) in [4.78, 5) is 6.44. The number of nitrogens with one attached hydrogen (secondary N) is 1. The van der Waals surface area contributed by atoms with Crippen molar-refractivity contribution in [2.45, 2.75) is 0 Å². The van der Waals surface area contributed by atoms with Gasteiger partial charge in [-0.05, 0) is 24.3 Å². The lowest BCUT2D eigenvalue weighted by Gasteiger charge is -2.13. The van der Waals surface area contributed by atoms with Gasteiger partial charge in [-0.3, -0.25) is 4.98 Å². The van der Waals surface area contributed by atoms with Crippen LogP contribution in [-0.4, -0.2) is 26.1 Å². The average molecular weight is 201 g/mol. The highest BCUT2D eigenvalue weighted by atomic mass is 15.1. The Kier molecular flexibility index (Phi) is 2.46. The van der Waals surface area contributed by atoms with Crippen molar-refractivity contribution in [1.29, 1.82) is 0 Å². The van der Waals surface area contributed by atoms with E-state index in [0.717, 1.165) is 16.6 Å². The number of hydrogen-bond donors (Lipinski definition) is 1. The maximum atomic E-state index is 4.37. The molecule has 1 aromatic carbocycles. The van der Waals surface area contributed by atoms with Crippen LogP contribution in [0.5, 0.6) is 0 Å². The molecule has 0 fully saturated rings. The Hall–Kier alpha value is -1.77. The van der Waals surface area contributed by atoms with Gasteiger partial charge >= 0.3 is 0 Å². The third-order valence-electron chi connectivity index (χ3n) is 2.51. The van der Waals surface area contributed by atoms with Crippen LogP contribution in [0.1, 0.15) is 0 Å². The summed E-state index contributed by atoms with van der Waals surface area (Å²) in [7, 11) is 5.99. The molecule has 78 valence electrons. The van der Waals surface area contributed by atoms with Crippen molar-refractivity contribution in [3.8, 4) is 0 Å². The van der Waals surface area contributed by atoms with E-state index >= 15 is 0 Å². The fourth-order valence-electron chi connectivity index (χ4n) is 1.63. The van der Waals surface area contributed by atoms with Gasteiger partial charge in [-0.2, -0.15) is 0 Å². The van der Waals surface area contributed by atoms with Gasteiger partial charge in [-0.25, -0.2) is 0 Å². The van der Waals surface area contributed by atoms with E-state index in [2.05, 4.69) is 33.4 Å². The Labute approximate surface area is 89.7 Å². The van der Waals surface area contributed by atoms with E-state index in [0.29, 0.717) is 0 Å². The highest BCUT2D eigenvalue weighted by Gasteiger charge is 2.02. The first-order chi connectivity index (χ1) is 7.22. The van der Waals surface area contributed by atoms with E-state index in [4.69, 9.17) is 0 Å². The molecule has 0 bridgehead atoms. The zero-order chi connectivity index (χ0) is 10.8.